The number of aryl methyl sites for hydroxylation is 1. The van der Waals surface area contributed by atoms with Crippen molar-refractivity contribution in [3.8, 4) is 0 Å². The summed E-state index contributed by atoms with van der Waals surface area (Å²) in [4.78, 5) is 31.7. The first-order chi connectivity index (χ1) is 17.8. The fraction of sp³-hybridized carbons (Fsp3) is 0.258. The molecule has 0 spiro atoms. The van der Waals surface area contributed by atoms with Gasteiger partial charge in [0.2, 0.25) is 0 Å². The number of nitrogen functional groups attached to an aromatic ring is 1. The second-order valence-electron chi connectivity index (χ2n) is 10.2. The number of allylic oxidation sites excluding steroid dienone is 1. The molecule has 0 radical (unpaired) electrons. The predicted octanol–water partition coefficient (Wildman–Crippen LogP) is 7.28. The summed E-state index contributed by atoms with van der Waals surface area (Å²) >= 11 is 1.33. The maximum absolute atomic E-state index is 13.0. The Morgan fingerprint density at radius 1 is 1.11 bits per heavy atom. The van der Waals surface area contributed by atoms with Gasteiger partial charge in [0, 0.05) is 22.3 Å². The van der Waals surface area contributed by atoms with Crippen LogP contribution in [0, 0.1) is 5.92 Å². The number of benzene rings is 2. The number of ketones is 1. The maximum atomic E-state index is 13.0. The average molecular weight is 510 g/mol. The van der Waals surface area contributed by atoms with Gasteiger partial charge in [0.1, 0.15) is 9.71 Å². The van der Waals surface area contributed by atoms with Gasteiger partial charge in [-0.3, -0.25) is 9.59 Å². The molecule has 2 aromatic heterocycles. The summed E-state index contributed by atoms with van der Waals surface area (Å²) in [7, 11) is 0. The highest BCUT2D eigenvalue weighted by Crippen LogP contribution is 2.36. The molecule has 2 heterocycles. The third-order valence-corrected chi connectivity index (χ3v) is 8.11. The number of fused-ring (bicyclic) bond motifs is 2. The smallest absolute Gasteiger partial charge is 0.267 e. The molecule has 2 aromatic carbocycles. The van der Waals surface area contributed by atoms with E-state index < -0.39 is 0 Å². The van der Waals surface area contributed by atoms with Crippen molar-refractivity contribution in [1.29, 1.82) is 0 Å². The number of carbonyl (C=O) groups excluding carboxylic acids is 2. The molecule has 1 aliphatic rings. The van der Waals surface area contributed by atoms with Crippen molar-refractivity contribution >= 4 is 50.7 Å². The molecule has 4 aromatic rings. The van der Waals surface area contributed by atoms with Gasteiger partial charge in [0.15, 0.2) is 5.78 Å². The zero-order chi connectivity index (χ0) is 26.1. The van der Waals surface area contributed by atoms with Crippen LogP contribution in [0.25, 0.3) is 16.3 Å². The first-order valence-corrected chi connectivity index (χ1v) is 13.5. The van der Waals surface area contributed by atoms with Crippen molar-refractivity contribution in [2.24, 2.45) is 5.92 Å². The van der Waals surface area contributed by atoms with Crippen molar-refractivity contribution in [2.75, 3.05) is 11.1 Å². The first kappa shape index (κ1) is 24.9. The van der Waals surface area contributed by atoms with E-state index in [1.54, 1.807) is 30.3 Å². The molecule has 37 heavy (non-hydrogen) atoms. The second-order valence-corrected chi connectivity index (χ2v) is 11.2. The maximum Gasteiger partial charge on any atom is 0.267 e. The minimum absolute atomic E-state index is 0.0936. The Morgan fingerprint density at radius 2 is 1.84 bits per heavy atom. The van der Waals surface area contributed by atoms with E-state index in [0.717, 1.165) is 40.7 Å². The highest BCUT2D eigenvalue weighted by molar-refractivity contribution is 7.21. The number of anilines is 2. The average Bonchev–Trinajstić information content (AvgIpc) is 3.22. The summed E-state index contributed by atoms with van der Waals surface area (Å²) in [5.74, 6) is 0.746. The summed E-state index contributed by atoms with van der Waals surface area (Å²) in [6.45, 7) is 6.56. The zero-order valence-electron chi connectivity index (χ0n) is 21.4. The molecule has 0 aliphatic heterocycles. The molecular formula is C31H31N3O2S. The number of aromatic nitrogens is 1. The first-order valence-electron chi connectivity index (χ1n) is 12.7. The SMILES string of the molecule is CC1CCc2nc3sc(C(=O)Nc4ccc(C(=O)C=Cc5ccc(C(C)C)cc5)cc4)c(N)c3cc2C1. The molecule has 1 unspecified atom stereocenters. The number of nitrogens with zero attached hydrogens (tertiary/aromatic N) is 1. The molecule has 1 aliphatic carbocycles. The lowest BCUT2D eigenvalue weighted by Crippen LogP contribution is -2.13. The summed E-state index contributed by atoms with van der Waals surface area (Å²) in [5.41, 5.74) is 12.6. The Morgan fingerprint density at radius 3 is 2.54 bits per heavy atom. The lowest BCUT2D eigenvalue weighted by molar-refractivity contribution is 0.102. The standard InChI is InChI=1S/C31H31N3O2S/c1-18(2)21-8-5-20(6-9-21)7-15-27(35)22-10-12-24(13-11-22)33-30(36)29-28(32)25-17-23-16-19(3)4-14-26(23)34-31(25)37-29/h5-13,15,17-19H,4,14,16,32H2,1-3H3,(H,33,36). The van der Waals surface area contributed by atoms with E-state index in [2.05, 4.69) is 44.3 Å². The highest BCUT2D eigenvalue weighted by atomic mass is 32.1. The van der Waals surface area contributed by atoms with Crippen molar-refractivity contribution in [3.63, 3.8) is 0 Å². The van der Waals surface area contributed by atoms with Crippen LogP contribution in [0.3, 0.4) is 0 Å². The molecule has 0 saturated carbocycles. The molecule has 0 bridgehead atoms. The number of thiophene rings is 1. The monoisotopic (exact) mass is 509 g/mol. The van der Waals surface area contributed by atoms with Crippen LogP contribution in [-0.4, -0.2) is 16.7 Å². The van der Waals surface area contributed by atoms with Gasteiger partial charge in [-0.25, -0.2) is 4.98 Å². The van der Waals surface area contributed by atoms with E-state index in [9.17, 15) is 9.59 Å². The largest absolute Gasteiger partial charge is 0.397 e. The predicted molar refractivity (Wildman–Crippen MR) is 154 cm³/mol. The highest BCUT2D eigenvalue weighted by Gasteiger charge is 2.22. The van der Waals surface area contributed by atoms with Crippen LogP contribution in [0.5, 0.6) is 0 Å². The van der Waals surface area contributed by atoms with E-state index in [-0.39, 0.29) is 11.7 Å². The van der Waals surface area contributed by atoms with Crippen molar-refractivity contribution in [2.45, 2.75) is 46.0 Å². The van der Waals surface area contributed by atoms with Gasteiger partial charge >= 0.3 is 0 Å². The van der Waals surface area contributed by atoms with Crippen LogP contribution in [0.4, 0.5) is 11.4 Å². The van der Waals surface area contributed by atoms with Crippen molar-refractivity contribution < 1.29 is 9.59 Å². The van der Waals surface area contributed by atoms with E-state index in [1.165, 1.54) is 22.5 Å². The number of nitrogens with one attached hydrogen (secondary N) is 1. The summed E-state index contributed by atoms with van der Waals surface area (Å²) in [6.07, 6.45) is 6.50. The van der Waals surface area contributed by atoms with E-state index in [4.69, 9.17) is 10.7 Å². The number of carbonyl (C=O) groups is 2. The summed E-state index contributed by atoms with van der Waals surface area (Å²) < 4.78 is 0. The van der Waals surface area contributed by atoms with Crippen molar-refractivity contribution in [1.82, 2.24) is 4.98 Å². The number of amides is 1. The topological polar surface area (TPSA) is 85.1 Å². The Hall–Kier alpha value is -3.77. The Kier molecular flexibility index (Phi) is 6.94. The molecule has 0 saturated heterocycles. The molecule has 3 N–H and O–H groups in total. The van der Waals surface area contributed by atoms with Crippen molar-refractivity contribution in [3.05, 3.63) is 93.5 Å². The number of rotatable bonds is 6. The summed E-state index contributed by atoms with van der Waals surface area (Å²) in [5, 5.41) is 3.77. The normalized spacial score (nSPS) is 15.3. The molecule has 1 amide bonds. The second kappa shape index (κ2) is 10.3. The number of pyridine rings is 1. The summed E-state index contributed by atoms with van der Waals surface area (Å²) in [6, 6.07) is 17.2. The van der Waals surface area contributed by atoms with Gasteiger partial charge in [-0.1, -0.05) is 51.1 Å². The van der Waals surface area contributed by atoms with Crippen LogP contribution in [-0.2, 0) is 12.8 Å². The third-order valence-electron chi connectivity index (χ3n) is 7.00. The van der Waals surface area contributed by atoms with E-state index >= 15 is 0 Å². The number of nitrogens with two attached hydrogens (primary N) is 1. The van der Waals surface area contributed by atoms with Crippen LogP contribution >= 0.6 is 11.3 Å². The minimum atomic E-state index is -0.268. The fourth-order valence-electron chi connectivity index (χ4n) is 4.71. The number of hydrogen-bond acceptors (Lipinski definition) is 5. The lowest BCUT2D eigenvalue weighted by Gasteiger charge is -2.20. The number of hydrogen-bond donors (Lipinski definition) is 2. The zero-order valence-corrected chi connectivity index (χ0v) is 22.2. The van der Waals surface area contributed by atoms with Gasteiger partial charge in [-0.2, -0.15) is 0 Å². The molecule has 5 nitrogen and oxygen atoms in total. The van der Waals surface area contributed by atoms with Crippen LogP contribution in [0.2, 0.25) is 0 Å². The van der Waals surface area contributed by atoms with Gasteiger partial charge < -0.3 is 11.1 Å². The molecule has 1 atom stereocenters. The van der Waals surface area contributed by atoms with Crippen LogP contribution in [0.1, 0.15) is 75.5 Å². The van der Waals surface area contributed by atoms with Gasteiger partial charge in [0.25, 0.3) is 5.91 Å². The quantitative estimate of drug-likeness (QED) is 0.211. The molecule has 0 fully saturated rings. The van der Waals surface area contributed by atoms with E-state index in [0.29, 0.717) is 33.7 Å². The molecule has 5 rings (SSSR count). The minimum Gasteiger partial charge on any atom is -0.397 e. The molecule has 6 heteroatoms. The fourth-order valence-corrected chi connectivity index (χ4v) is 5.70. The molecular weight excluding hydrogens is 478 g/mol. The molecule has 188 valence electrons. The van der Waals surface area contributed by atoms with Gasteiger partial charge in [0.05, 0.1) is 5.69 Å². The van der Waals surface area contributed by atoms with Gasteiger partial charge in [-0.15, -0.1) is 11.3 Å². The van der Waals surface area contributed by atoms with Gasteiger partial charge in [-0.05, 0) is 84.2 Å². The van der Waals surface area contributed by atoms with Crippen LogP contribution < -0.4 is 11.1 Å². The van der Waals surface area contributed by atoms with Crippen LogP contribution in [0.15, 0.2) is 60.7 Å². The Labute approximate surface area is 221 Å². The Balaban J connectivity index is 1.27. The Bertz CT molecular complexity index is 1500. The lowest BCUT2D eigenvalue weighted by atomic mass is 9.87. The third kappa shape index (κ3) is 5.35. The van der Waals surface area contributed by atoms with E-state index in [1.807, 2.05) is 18.2 Å².